The van der Waals surface area contributed by atoms with Crippen LogP contribution in [0.15, 0.2) is 18.2 Å². The van der Waals surface area contributed by atoms with Gasteiger partial charge < -0.3 is 10.2 Å². The van der Waals surface area contributed by atoms with Crippen LogP contribution in [-0.2, 0) is 0 Å². The third-order valence-electron chi connectivity index (χ3n) is 3.68. The van der Waals surface area contributed by atoms with Crippen molar-refractivity contribution in [2.24, 2.45) is 0 Å². The Morgan fingerprint density at radius 3 is 2.95 bits per heavy atom. The topological polar surface area (TPSA) is 32.3 Å². The van der Waals surface area contributed by atoms with Gasteiger partial charge in [0.15, 0.2) is 0 Å². The molecule has 0 radical (unpaired) electrons. The summed E-state index contributed by atoms with van der Waals surface area (Å²) in [5, 5.41) is 3.46. The van der Waals surface area contributed by atoms with E-state index in [1.54, 1.807) is 6.07 Å². The van der Waals surface area contributed by atoms with Gasteiger partial charge in [-0.05, 0) is 56.5 Å². The molecule has 1 heterocycles. The standard InChI is InChI=1S/C16H23FN2O/c1-3-6-18-15-5-4-7-19(11-15)16(20)13-8-12(2)9-14(17)10-13/h8-10,15,18H,3-7,11H2,1-2H3. The maximum atomic E-state index is 13.4. The zero-order chi connectivity index (χ0) is 14.5. The van der Waals surface area contributed by atoms with Gasteiger partial charge in [-0.3, -0.25) is 4.79 Å². The van der Waals surface area contributed by atoms with Crippen molar-refractivity contribution in [3.8, 4) is 0 Å². The Kier molecular flexibility index (Phi) is 5.12. The zero-order valence-electron chi connectivity index (χ0n) is 12.3. The predicted octanol–water partition coefficient (Wildman–Crippen LogP) is 2.74. The Morgan fingerprint density at radius 2 is 2.25 bits per heavy atom. The highest BCUT2D eigenvalue weighted by molar-refractivity contribution is 5.94. The number of hydrogen-bond donors (Lipinski definition) is 1. The van der Waals surface area contributed by atoms with Gasteiger partial charge in [0.25, 0.3) is 5.91 Å². The molecule has 4 heteroatoms. The van der Waals surface area contributed by atoms with Crippen LogP contribution in [0.4, 0.5) is 4.39 Å². The van der Waals surface area contributed by atoms with E-state index < -0.39 is 0 Å². The lowest BCUT2D eigenvalue weighted by atomic mass is 10.0. The molecule has 1 aliphatic heterocycles. The molecule has 1 unspecified atom stereocenters. The molecule has 1 fully saturated rings. The van der Waals surface area contributed by atoms with Crippen molar-refractivity contribution in [1.82, 2.24) is 10.2 Å². The Balaban J connectivity index is 2.04. The first-order valence-corrected chi connectivity index (χ1v) is 7.40. The van der Waals surface area contributed by atoms with E-state index in [-0.39, 0.29) is 11.7 Å². The predicted molar refractivity (Wildman–Crippen MR) is 78.4 cm³/mol. The third-order valence-corrected chi connectivity index (χ3v) is 3.68. The van der Waals surface area contributed by atoms with Gasteiger partial charge in [0, 0.05) is 24.7 Å². The van der Waals surface area contributed by atoms with Crippen molar-refractivity contribution in [2.75, 3.05) is 19.6 Å². The molecule has 1 aromatic rings. The number of carbonyl (C=O) groups excluding carboxylic acids is 1. The highest BCUT2D eigenvalue weighted by atomic mass is 19.1. The third kappa shape index (κ3) is 3.79. The van der Waals surface area contributed by atoms with Crippen LogP contribution in [0.25, 0.3) is 0 Å². The van der Waals surface area contributed by atoms with Crippen molar-refractivity contribution in [3.63, 3.8) is 0 Å². The molecular weight excluding hydrogens is 255 g/mol. The molecule has 0 saturated carbocycles. The van der Waals surface area contributed by atoms with Gasteiger partial charge in [0.05, 0.1) is 0 Å². The summed E-state index contributed by atoms with van der Waals surface area (Å²) < 4.78 is 13.4. The number of likely N-dealkylation sites (tertiary alicyclic amines) is 1. The first-order valence-electron chi connectivity index (χ1n) is 7.40. The number of hydrogen-bond acceptors (Lipinski definition) is 2. The minimum Gasteiger partial charge on any atom is -0.337 e. The van der Waals surface area contributed by atoms with Gasteiger partial charge in [-0.25, -0.2) is 4.39 Å². The molecule has 0 spiro atoms. The summed E-state index contributed by atoms with van der Waals surface area (Å²) in [5.74, 6) is -0.401. The molecule has 20 heavy (non-hydrogen) atoms. The van der Waals surface area contributed by atoms with Gasteiger partial charge in [-0.15, -0.1) is 0 Å². The van der Waals surface area contributed by atoms with Crippen LogP contribution >= 0.6 is 0 Å². The van der Waals surface area contributed by atoms with Crippen molar-refractivity contribution >= 4 is 5.91 Å². The maximum Gasteiger partial charge on any atom is 0.254 e. The van der Waals surface area contributed by atoms with Crippen LogP contribution < -0.4 is 5.32 Å². The molecular formula is C16H23FN2O. The summed E-state index contributed by atoms with van der Waals surface area (Å²) >= 11 is 0. The summed E-state index contributed by atoms with van der Waals surface area (Å²) in [6.07, 6.45) is 3.20. The molecule has 110 valence electrons. The number of benzene rings is 1. The summed E-state index contributed by atoms with van der Waals surface area (Å²) in [4.78, 5) is 14.3. The molecule has 3 nitrogen and oxygen atoms in total. The highest BCUT2D eigenvalue weighted by Crippen LogP contribution is 2.16. The van der Waals surface area contributed by atoms with Crippen LogP contribution in [0.3, 0.4) is 0 Å². The van der Waals surface area contributed by atoms with Crippen molar-refractivity contribution in [1.29, 1.82) is 0 Å². The number of nitrogens with one attached hydrogen (secondary N) is 1. The summed E-state index contributed by atoms with van der Waals surface area (Å²) in [6, 6.07) is 4.90. The second kappa shape index (κ2) is 6.84. The Morgan fingerprint density at radius 1 is 1.45 bits per heavy atom. The molecule has 1 N–H and O–H groups in total. The highest BCUT2D eigenvalue weighted by Gasteiger charge is 2.24. The van der Waals surface area contributed by atoms with Gasteiger partial charge in [-0.1, -0.05) is 6.92 Å². The second-order valence-corrected chi connectivity index (χ2v) is 5.56. The van der Waals surface area contributed by atoms with E-state index in [2.05, 4.69) is 12.2 Å². The number of halogens is 1. The molecule has 0 aliphatic carbocycles. The van der Waals surface area contributed by atoms with Gasteiger partial charge in [-0.2, -0.15) is 0 Å². The molecule has 1 aliphatic rings. The second-order valence-electron chi connectivity index (χ2n) is 5.56. The van der Waals surface area contributed by atoms with Crippen LogP contribution in [0.2, 0.25) is 0 Å². The Bertz CT molecular complexity index is 455. The lowest BCUT2D eigenvalue weighted by molar-refractivity contribution is 0.0694. The molecule has 1 aromatic carbocycles. The van der Waals surface area contributed by atoms with Crippen LogP contribution in [0.5, 0.6) is 0 Å². The Hall–Kier alpha value is -1.42. The maximum absolute atomic E-state index is 13.4. The van der Waals surface area contributed by atoms with E-state index in [4.69, 9.17) is 0 Å². The smallest absolute Gasteiger partial charge is 0.254 e. The van der Waals surface area contributed by atoms with Crippen LogP contribution in [-0.4, -0.2) is 36.5 Å². The molecule has 2 rings (SSSR count). The van der Waals surface area contributed by atoms with Crippen molar-refractivity contribution in [3.05, 3.63) is 35.1 Å². The average Bonchev–Trinajstić information content (AvgIpc) is 2.43. The molecule has 1 saturated heterocycles. The number of amides is 1. The number of piperidine rings is 1. The van der Waals surface area contributed by atoms with Gasteiger partial charge >= 0.3 is 0 Å². The fourth-order valence-corrected chi connectivity index (χ4v) is 2.72. The van der Waals surface area contributed by atoms with Crippen molar-refractivity contribution < 1.29 is 9.18 Å². The van der Waals surface area contributed by atoms with E-state index in [1.165, 1.54) is 12.1 Å². The van der Waals surface area contributed by atoms with Crippen LogP contribution in [0.1, 0.15) is 42.1 Å². The lowest BCUT2D eigenvalue weighted by Gasteiger charge is -2.33. The van der Waals surface area contributed by atoms with E-state index in [0.717, 1.165) is 37.9 Å². The quantitative estimate of drug-likeness (QED) is 0.918. The summed E-state index contributed by atoms with van der Waals surface area (Å²) in [7, 11) is 0. The van der Waals surface area contributed by atoms with Crippen LogP contribution in [0, 0.1) is 12.7 Å². The largest absolute Gasteiger partial charge is 0.337 e. The fourth-order valence-electron chi connectivity index (χ4n) is 2.72. The summed E-state index contributed by atoms with van der Waals surface area (Å²) in [5.41, 5.74) is 1.24. The minimum atomic E-state index is -0.342. The number of nitrogens with zero attached hydrogens (tertiary/aromatic N) is 1. The zero-order valence-corrected chi connectivity index (χ0v) is 12.3. The van der Waals surface area contributed by atoms with E-state index in [0.29, 0.717) is 18.2 Å². The molecule has 1 atom stereocenters. The Labute approximate surface area is 120 Å². The lowest BCUT2D eigenvalue weighted by Crippen LogP contribution is -2.48. The van der Waals surface area contributed by atoms with Gasteiger partial charge in [0.2, 0.25) is 0 Å². The van der Waals surface area contributed by atoms with Gasteiger partial charge in [0.1, 0.15) is 5.82 Å². The minimum absolute atomic E-state index is 0.0596. The SMILES string of the molecule is CCCNC1CCCN(C(=O)c2cc(C)cc(F)c2)C1. The number of aryl methyl sites for hydroxylation is 1. The normalized spacial score (nSPS) is 19.1. The average molecular weight is 278 g/mol. The fraction of sp³-hybridized carbons (Fsp3) is 0.562. The van der Waals surface area contributed by atoms with E-state index >= 15 is 0 Å². The first-order chi connectivity index (χ1) is 9.60. The molecule has 0 aromatic heterocycles. The van der Waals surface area contributed by atoms with E-state index in [1.807, 2.05) is 11.8 Å². The molecule has 0 bridgehead atoms. The first kappa shape index (κ1) is 15.0. The number of rotatable bonds is 4. The number of carbonyl (C=O) groups is 1. The monoisotopic (exact) mass is 278 g/mol. The van der Waals surface area contributed by atoms with E-state index in [9.17, 15) is 9.18 Å². The molecule has 1 amide bonds. The van der Waals surface area contributed by atoms with Crippen molar-refractivity contribution in [2.45, 2.75) is 39.2 Å². The summed E-state index contributed by atoms with van der Waals surface area (Å²) in [6.45, 7) is 6.40.